The highest BCUT2D eigenvalue weighted by Crippen LogP contribution is 2.76. The van der Waals surface area contributed by atoms with Crippen molar-refractivity contribution in [2.75, 3.05) is 39.6 Å². The molecule has 616 valence electrons. The molecule has 7 saturated heterocycles. The summed E-state index contributed by atoms with van der Waals surface area (Å²) >= 11 is 0. The van der Waals surface area contributed by atoms with E-state index < -0.39 is 277 Å². The molecule has 5 aliphatic carbocycles. The van der Waals surface area contributed by atoms with Gasteiger partial charge in [0.15, 0.2) is 37.7 Å². The number of aliphatic hydroxyl groups is 21. The number of aliphatic hydroxyl groups excluding tert-OH is 21. The van der Waals surface area contributed by atoms with Gasteiger partial charge in [-0.05, 0) is 116 Å². The summed E-state index contributed by atoms with van der Waals surface area (Å²) in [6, 6.07) is 0. The SMILES string of the molecule is C[C@@H]1O[C@@H](O[C@H]2[C@H](O)[C@@H](O)[C@H](OC[C@H]3O[C@@H](OC(=O)[C@]45CCC(C)(C)C[C@H]4C4=CC[C@@H]6[C@@]7(C)CC[C@H](O[C@@H]8OC[C@H](O)[C@H](O[C@@H]9O[C@H](CO)[C@@H](O)[C@H](O[C@@H]%10O[C@H](CO)[C@@H](O)[C@H](O)[C@H]%10O[C@@H]%10O[C@H](CO)[C@@H](O)[C@H](O)[C@H]%10O)[C@H]9O)[C@H]8O)C(C)(C)[C@@H]7CC[C@@]6(C)[C@]4(C)CC5)[C@H](O)[C@@H](O)[C@@H]3O)O[C@@H]2CO)[C@H](O)[C@H](O)[C@H]1O. The molecular weight excluding hydrogens is 1430 g/mol. The van der Waals surface area contributed by atoms with E-state index >= 15 is 4.79 Å². The summed E-state index contributed by atoms with van der Waals surface area (Å²) in [7, 11) is 0. The van der Waals surface area contributed by atoms with Gasteiger partial charge in [-0.3, -0.25) is 4.79 Å². The third-order valence-corrected chi connectivity index (χ3v) is 27.3. The van der Waals surface area contributed by atoms with Crippen LogP contribution in [0.3, 0.4) is 0 Å². The molecule has 0 aromatic rings. The maximum absolute atomic E-state index is 15.4. The summed E-state index contributed by atoms with van der Waals surface area (Å²) in [6.45, 7) is 12.4. The van der Waals surface area contributed by atoms with Gasteiger partial charge in [-0.2, -0.15) is 0 Å². The Balaban J connectivity index is 0.701. The van der Waals surface area contributed by atoms with Crippen molar-refractivity contribution in [3.8, 4) is 0 Å². The van der Waals surface area contributed by atoms with Crippen LogP contribution in [0, 0.1) is 50.2 Å². The summed E-state index contributed by atoms with van der Waals surface area (Å²) in [4.78, 5) is 15.4. The Morgan fingerprint density at radius 2 is 0.935 bits per heavy atom. The van der Waals surface area contributed by atoms with Crippen molar-refractivity contribution in [3.63, 3.8) is 0 Å². The number of allylic oxidation sites excluding steroid dienone is 2. The van der Waals surface area contributed by atoms with Gasteiger partial charge >= 0.3 is 5.97 Å². The monoisotopic (exact) mass is 1540 g/mol. The first-order valence-corrected chi connectivity index (χ1v) is 37.6. The minimum atomic E-state index is -2.08. The van der Waals surface area contributed by atoms with E-state index in [4.69, 9.17) is 66.3 Å². The van der Waals surface area contributed by atoms with Gasteiger partial charge in [-0.25, -0.2) is 0 Å². The number of ether oxygens (including phenoxy) is 14. The molecule has 7 aliphatic heterocycles. The van der Waals surface area contributed by atoms with Crippen LogP contribution in [0.15, 0.2) is 11.6 Å². The van der Waals surface area contributed by atoms with Gasteiger partial charge in [0.2, 0.25) is 6.29 Å². The summed E-state index contributed by atoms with van der Waals surface area (Å²) in [5.74, 6) is -0.793. The van der Waals surface area contributed by atoms with Crippen LogP contribution in [0.1, 0.15) is 120 Å². The van der Waals surface area contributed by atoms with E-state index in [0.717, 1.165) is 18.4 Å². The number of hydrogen-bond donors (Lipinski definition) is 21. The third-order valence-electron chi connectivity index (χ3n) is 27.3. The molecule has 0 unspecified atom stereocenters. The molecule has 36 heteroatoms. The number of esters is 1. The third kappa shape index (κ3) is 14.9. The minimum absolute atomic E-state index is 0.0449. The average molecular weight is 1550 g/mol. The van der Waals surface area contributed by atoms with Crippen LogP contribution < -0.4 is 0 Å². The van der Waals surface area contributed by atoms with Gasteiger partial charge in [0.25, 0.3) is 0 Å². The van der Waals surface area contributed by atoms with Crippen LogP contribution in [-0.2, 0) is 71.1 Å². The Kier molecular flexibility index (Phi) is 25.3. The fourth-order valence-electron chi connectivity index (χ4n) is 20.5. The number of hydrogen-bond acceptors (Lipinski definition) is 36. The Labute approximate surface area is 618 Å². The lowest BCUT2D eigenvalue weighted by atomic mass is 9.33. The van der Waals surface area contributed by atoms with Crippen molar-refractivity contribution in [1.29, 1.82) is 0 Å². The number of rotatable bonds is 19. The normalized spacial score (nSPS) is 54.2. The molecule has 7 heterocycles. The number of carbonyl (C=O) groups excluding carboxylic acids is 1. The standard InChI is InChI=1S/C71H116O36/c1-26-38(77)43(82)48(87)60(96-26)104-55-33(23-75)100-58(51(90)47(55)86)95-25-34-41(80)45(84)50(89)62(101-34)107-65(93)71-17-15-66(2,3)19-28(71)27-9-10-36-68(6)13-12-37(67(4,5)35(68)11-14-70(36,8)69(27,7)16-18-71)102-59-52(91)54(29(76)24-94-59)103-63-53(92)56(42(81)32(22-74)98-63)105-64-57(46(85)40(79)31(21-73)99-64)106-61-49(88)44(83)39(78)30(20-72)97-61/h9,26,28-64,72-92H,10-25H2,1-8H3/t26-,28-,29-,30+,31+,32+,33+,34+,35-,36+,37-,38-,39+,40+,41+,42+,43+,44-,45-,46-,47+,48+,49+,50+,51+,52+,53+,54-,55+,56-,57+,58+,59-,60-,61-,62-,63-,64-,68-,69+,70+,71-/m0/s1. The molecule has 0 aromatic carbocycles. The quantitative estimate of drug-likeness (QED) is 0.0325. The molecule has 4 saturated carbocycles. The van der Waals surface area contributed by atoms with Crippen LogP contribution in [0.25, 0.3) is 0 Å². The van der Waals surface area contributed by atoms with Crippen molar-refractivity contribution in [2.45, 2.75) is 335 Å². The van der Waals surface area contributed by atoms with E-state index in [1.165, 1.54) is 6.92 Å². The van der Waals surface area contributed by atoms with Crippen molar-refractivity contribution >= 4 is 5.97 Å². The molecule has 0 spiro atoms. The van der Waals surface area contributed by atoms with Gasteiger partial charge in [0.05, 0.1) is 57.3 Å². The second-order valence-electron chi connectivity index (χ2n) is 34.3. The lowest BCUT2D eigenvalue weighted by Gasteiger charge is -2.71. The van der Waals surface area contributed by atoms with Crippen LogP contribution >= 0.6 is 0 Å². The summed E-state index contributed by atoms with van der Waals surface area (Å²) in [5, 5.41) is 229. The van der Waals surface area contributed by atoms with Crippen LogP contribution in [0.5, 0.6) is 0 Å². The molecule has 12 aliphatic rings. The minimum Gasteiger partial charge on any atom is -0.432 e. The first-order chi connectivity index (χ1) is 50.3. The first kappa shape index (κ1) is 84.3. The second kappa shape index (κ2) is 32.1. The van der Waals surface area contributed by atoms with E-state index in [-0.39, 0.29) is 34.0 Å². The Morgan fingerprint density at radius 3 is 1.58 bits per heavy atom. The topological polar surface area (TPSA) is 571 Å². The largest absolute Gasteiger partial charge is 0.432 e. The predicted octanol–water partition coefficient (Wildman–Crippen LogP) is -6.90. The summed E-state index contributed by atoms with van der Waals surface area (Å²) < 4.78 is 82.9. The Hall–Kier alpha value is -2.15. The molecule has 0 amide bonds. The van der Waals surface area contributed by atoms with Gasteiger partial charge in [0, 0.05) is 0 Å². The molecule has 11 fully saturated rings. The zero-order chi connectivity index (χ0) is 78.0. The van der Waals surface area contributed by atoms with Crippen molar-refractivity contribution in [2.24, 2.45) is 50.2 Å². The smallest absolute Gasteiger partial charge is 0.315 e. The van der Waals surface area contributed by atoms with E-state index in [0.29, 0.717) is 51.4 Å². The molecule has 0 aromatic heterocycles. The highest BCUT2D eigenvalue weighted by atomic mass is 16.8. The number of carbonyl (C=O) groups is 1. The maximum atomic E-state index is 15.4. The second-order valence-corrected chi connectivity index (χ2v) is 34.3. The Bertz CT molecular complexity index is 3030. The molecule has 21 N–H and O–H groups in total. The van der Waals surface area contributed by atoms with E-state index in [1.807, 2.05) is 0 Å². The lowest BCUT2D eigenvalue weighted by Crippen LogP contribution is -2.67. The predicted molar refractivity (Wildman–Crippen MR) is 353 cm³/mol. The van der Waals surface area contributed by atoms with Crippen LogP contribution in [0.4, 0.5) is 0 Å². The van der Waals surface area contributed by atoms with E-state index in [2.05, 4.69) is 54.5 Å². The fourth-order valence-corrected chi connectivity index (χ4v) is 20.5. The molecule has 107 heavy (non-hydrogen) atoms. The Morgan fingerprint density at radius 1 is 0.439 bits per heavy atom. The van der Waals surface area contributed by atoms with E-state index in [1.54, 1.807) is 0 Å². The van der Waals surface area contributed by atoms with Crippen molar-refractivity contribution in [1.82, 2.24) is 0 Å². The summed E-state index contributed by atoms with van der Waals surface area (Å²) in [5.41, 5.74) is -1.76. The molecule has 36 nitrogen and oxygen atoms in total. The van der Waals surface area contributed by atoms with Crippen molar-refractivity contribution in [3.05, 3.63) is 11.6 Å². The number of fused-ring (bicyclic) bond motifs is 7. The fraction of sp³-hybridized carbons (Fsp3) is 0.958. The molecule has 42 atom stereocenters. The zero-order valence-electron chi connectivity index (χ0n) is 61.3. The van der Waals surface area contributed by atoms with Gasteiger partial charge in [0.1, 0.15) is 159 Å². The van der Waals surface area contributed by atoms with Gasteiger partial charge < -0.3 is 174 Å². The molecule has 0 bridgehead atoms. The molecule has 0 radical (unpaired) electrons. The zero-order valence-corrected chi connectivity index (χ0v) is 61.3. The van der Waals surface area contributed by atoms with Gasteiger partial charge in [-0.15, -0.1) is 0 Å². The highest BCUT2D eigenvalue weighted by Gasteiger charge is 2.71. The van der Waals surface area contributed by atoms with Gasteiger partial charge in [-0.1, -0.05) is 60.1 Å². The summed E-state index contributed by atoms with van der Waals surface area (Å²) in [6.07, 6.45) is -51.7. The first-order valence-electron chi connectivity index (χ1n) is 37.6. The lowest BCUT2D eigenvalue weighted by molar-refractivity contribution is -0.395. The van der Waals surface area contributed by atoms with E-state index in [9.17, 15) is 107 Å². The van der Waals surface area contributed by atoms with Crippen LogP contribution in [0.2, 0.25) is 0 Å². The highest BCUT2D eigenvalue weighted by molar-refractivity contribution is 5.79. The molecule has 12 rings (SSSR count). The van der Waals surface area contributed by atoms with Crippen molar-refractivity contribution < 1.29 is 178 Å². The van der Waals surface area contributed by atoms with Crippen LogP contribution in [-0.4, -0.2) is 368 Å². The maximum Gasteiger partial charge on any atom is 0.315 e. The molecular formula is C71H116O36. The average Bonchev–Trinajstić information content (AvgIpc) is 0.674.